The molecule has 0 saturated heterocycles. The molecule has 7 heteroatoms. The Hall–Kier alpha value is -2.44. The highest BCUT2D eigenvalue weighted by molar-refractivity contribution is 7.16. The van der Waals surface area contributed by atoms with E-state index >= 15 is 0 Å². The van der Waals surface area contributed by atoms with E-state index in [-0.39, 0.29) is 11.4 Å². The smallest absolute Gasteiger partial charge is 0.308 e. The second-order valence-corrected chi connectivity index (χ2v) is 6.30. The molecule has 2 aromatic carbocycles. The number of fused-ring (bicyclic) bond motifs is 1. The average Bonchev–Trinajstić information content (AvgIpc) is 3.14. The van der Waals surface area contributed by atoms with Gasteiger partial charge in [0.05, 0.1) is 20.8 Å². The molecule has 114 valence electrons. The number of hydrogen-bond donors (Lipinski definition) is 0. The zero-order valence-corrected chi connectivity index (χ0v) is 13.3. The molecule has 0 aliphatic heterocycles. The first-order valence-electron chi connectivity index (χ1n) is 6.88. The Morgan fingerprint density at radius 1 is 1.09 bits per heavy atom. The summed E-state index contributed by atoms with van der Waals surface area (Å²) in [4.78, 5) is 12.1. The molecule has 0 bridgehead atoms. The fraction of sp³-hybridized carbons (Fsp3) is 0.0625. The van der Waals surface area contributed by atoms with Crippen LogP contribution in [0, 0.1) is 0 Å². The van der Waals surface area contributed by atoms with Crippen molar-refractivity contribution in [2.75, 3.05) is 0 Å². The number of para-hydroxylation sites is 1. The summed E-state index contributed by atoms with van der Waals surface area (Å²) in [6, 6.07) is 14.9. The lowest BCUT2D eigenvalue weighted by atomic mass is 10.2. The minimum Gasteiger partial charge on any atom is -0.419 e. The molecule has 0 N–H and O–H groups in total. The van der Waals surface area contributed by atoms with Crippen LogP contribution in [0.5, 0.6) is 0 Å². The summed E-state index contributed by atoms with van der Waals surface area (Å²) >= 11 is 7.33. The minimum absolute atomic E-state index is 0.0521. The fourth-order valence-electron chi connectivity index (χ4n) is 2.36. The van der Waals surface area contributed by atoms with Crippen molar-refractivity contribution >= 4 is 33.2 Å². The van der Waals surface area contributed by atoms with Gasteiger partial charge in [0.1, 0.15) is 6.54 Å². The van der Waals surface area contributed by atoms with Crippen LogP contribution in [0.15, 0.2) is 57.7 Å². The monoisotopic (exact) mass is 343 g/mol. The van der Waals surface area contributed by atoms with Gasteiger partial charge in [-0.15, -0.1) is 10.2 Å². The van der Waals surface area contributed by atoms with E-state index in [0.717, 1.165) is 10.2 Å². The van der Waals surface area contributed by atoms with Gasteiger partial charge in [-0.3, -0.25) is 9.36 Å². The van der Waals surface area contributed by atoms with E-state index < -0.39 is 0 Å². The van der Waals surface area contributed by atoms with Crippen LogP contribution in [0.25, 0.3) is 21.7 Å². The summed E-state index contributed by atoms with van der Waals surface area (Å²) in [5, 5.41) is 8.59. The van der Waals surface area contributed by atoms with Crippen LogP contribution in [0.2, 0.25) is 5.02 Å². The first-order valence-corrected chi connectivity index (χ1v) is 8.07. The normalized spacial score (nSPS) is 11.2. The van der Waals surface area contributed by atoms with Gasteiger partial charge < -0.3 is 4.42 Å². The predicted octanol–water partition coefficient (Wildman–Crippen LogP) is 3.81. The van der Waals surface area contributed by atoms with Gasteiger partial charge in [-0.2, -0.15) is 0 Å². The number of hydrogen-bond acceptors (Lipinski definition) is 5. The SMILES string of the molecule is O=c1sc2ccccc2n1Cc1nnc(-c2ccccc2Cl)o1. The highest BCUT2D eigenvalue weighted by Crippen LogP contribution is 2.26. The number of rotatable bonds is 3. The number of nitrogens with zero attached hydrogens (tertiary/aromatic N) is 3. The number of benzene rings is 2. The zero-order valence-electron chi connectivity index (χ0n) is 11.8. The molecular weight excluding hydrogens is 334 g/mol. The quantitative estimate of drug-likeness (QED) is 0.567. The van der Waals surface area contributed by atoms with Crippen molar-refractivity contribution in [3.63, 3.8) is 0 Å². The molecule has 0 saturated carbocycles. The highest BCUT2D eigenvalue weighted by atomic mass is 35.5. The number of thiazole rings is 1. The van der Waals surface area contributed by atoms with E-state index in [1.807, 2.05) is 42.5 Å². The van der Waals surface area contributed by atoms with Crippen molar-refractivity contribution in [3.05, 3.63) is 69.1 Å². The van der Waals surface area contributed by atoms with Crippen molar-refractivity contribution in [1.82, 2.24) is 14.8 Å². The van der Waals surface area contributed by atoms with Crippen LogP contribution >= 0.6 is 22.9 Å². The van der Waals surface area contributed by atoms with Crippen molar-refractivity contribution in [3.8, 4) is 11.5 Å². The van der Waals surface area contributed by atoms with Crippen molar-refractivity contribution < 1.29 is 4.42 Å². The van der Waals surface area contributed by atoms with Gasteiger partial charge >= 0.3 is 4.87 Å². The Morgan fingerprint density at radius 2 is 1.87 bits per heavy atom. The van der Waals surface area contributed by atoms with E-state index in [1.165, 1.54) is 11.3 Å². The largest absolute Gasteiger partial charge is 0.419 e. The van der Waals surface area contributed by atoms with E-state index in [9.17, 15) is 4.79 Å². The molecule has 0 fully saturated rings. The maximum atomic E-state index is 12.1. The Bertz CT molecular complexity index is 1050. The second kappa shape index (κ2) is 5.64. The summed E-state index contributed by atoms with van der Waals surface area (Å²) < 4.78 is 8.23. The van der Waals surface area contributed by atoms with Gasteiger partial charge in [0.2, 0.25) is 11.8 Å². The van der Waals surface area contributed by atoms with Gasteiger partial charge in [-0.1, -0.05) is 47.2 Å². The lowest BCUT2D eigenvalue weighted by Gasteiger charge is -1.99. The first-order chi connectivity index (χ1) is 11.2. The molecule has 0 radical (unpaired) electrons. The molecule has 0 aliphatic rings. The maximum Gasteiger partial charge on any atom is 0.308 e. The summed E-state index contributed by atoms with van der Waals surface area (Å²) in [6.45, 7) is 0.236. The molecule has 0 aliphatic carbocycles. The van der Waals surface area contributed by atoms with Crippen LogP contribution in [0.3, 0.4) is 0 Å². The van der Waals surface area contributed by atoms with E-state index in [2.05, 4.69) is 10.2 Å². The van der Waals surface area contributed by atoms with E-state index in [4.69, 9.17) is 16.0 Å². The highest BCUT2D eigenvalue weighted by Gasteiger charge is 2.14. The van der Waals surface area contributed by atoms with Crippen molar-refractivity contribution in [1.29, 1.82) is 0 Å². The van der Waals surface area contributed by atoms with Crippen molar-refractivity contribution in [2.24, 2.45) is 0 Å². The van der Waals surface area contributed by atoms with Gasteiger partial charge in [0.25, 0.3) is 0 Å². The minimum atomic E-state index is -0.0521. The van der Waals surface area contributed by atoms with Gasteiger partial charge in [0, 0.05) is 0 Å². The molecule has 2 heterocycles. The molecule has 0 spiro atoms. The third-order valence-corrected chi connectivity index (χ3v) is 4.73. The van der Waals surface area contributed by atoms with Crippen LogP contribution in [0.4, 0.5) is 0 Å². The topological polar surface area (TPSA) is 60.9 Å². The van der Waals surface area contributed by atoms with Crippen LogP contribution in [-0.4, -0.2) is 14.8 Å². The van der Waals surface area contributed by atoms with Crippen molar-refractivity contribution in [2.45, 2.75) is 6.54 Å². The van der Waals surface area contributed by atoms with Crippen LogP contribution < -0.4 is 4.87 Å². The fourth-order valence-corrected chi connectivity index (χ4v) is 3.47. The molecular formula is C16H10ClN3O2S. The average molecular weight is 344 g/mol. The summed E-state index contributed by atoms with van der Waals surface area (Å²) in [6.07, 6.45) is 0. The molecule has 0 atom stereocenters. The number of aromatic nitrogens is 3. The Labute approximate surface area is 139 Å². The third kappa shape index (κ3) is 2.56. The van der Waals surface area contributed by atoms with Crippen LogP contribution in [-0.2, 0) is 6.54 Å². The Kier molecular flexibility index (Phi) is 3.48. The van der Waals surface area contributed by atoms with Gasteiger partial charge in [-0.25, -0.2) is 0 Å². The third-order valence-electron chi connectivity index (χ3n) is 3.44. The Balaban J connectivity index is 1.72. The molecule has 23 heavy (non-hydrogen) atoms. The maximum absolute atomic E-state index is 12.1. The molecule has 5 nitrogen and oxygen atoms in total. The summed E-state index contributed by atoms with van der Waals surface area (Å²) in [5.74, 6) is 0.712. The van der Waals surface area contributed by atoms with Gasteiger partial charge in [0.15, 0.2) is 0 Å². The van der Waals surface area contributed by atoms with Gasteiger partial charge in [-0.05, 0) is 24.3 Å². The number of halogens is 1. The van der Waals surface area contributed by atoms with E-state index in [0.29, 0.717) is 22.4 Å². The predicted molar refractivity (Wildman–Crippen MR) is 89.9 cm³/mol. The zero-order chi connectivity index (χ0) is 15.8. The molecule has 2 aromatic heterocycles. The summed E-state index contributed by atoms with van der Waals surface area (Å²) in [7, 11) is 0. The van der Waals surface area contributed by atoms with Crippen LogP contribution in [0.1, 0.15) is 5.89 Å². The Morgan fingerprint density at radius 3 is 2.74 bits per heavy atom. The molecule has 4 rings (SSSR count). The van der Waals surface area contributed by atoms with E-state index in [1.54, 1.807) is 10.6 Å². The molecule has 4 aromatic rings. The summed E-state index contributed by atoms with van der Waals surface area (Å²) in [5.41, 5.74) is 1.54. The first kappa shape index (κ1) is 14.2. The lowest BCUT2D eigenvalue weighted by molar-refractivity contribution is 0.490. The lowest BCUT2D eigenvalue weighted by Crippen LogP contribution is -2.13. The standard InChI is InChI=1S/C16H10ClN3O2S/c17-11-6-2-1-5-10(11)15-19-18-14(22-15)9-20-12-7-3-4-8-13(12)23-16(20)21/h1-8H,9H2. The molecule has 0 amide bonds. The second-order valence-electron chi connectivity index (χ2n) is 4.90. The molecule has 0 unspecified atom stereocenters.